The minimum atomic E-state index is 0.142. The fraction of sp³-hybridized carbons (Fsp3) is 0.500. The Balaban J connectivity index is 2.14. The number of rotatable bonds is 8. The number of hydrogen-bond donors (Lipinski definition) is 1. The maximum absolute atomic E-state index is 11.5. The number of benzene rings is 1. The highest BCUT2D eigenvalue weighted by Gasteiger charge is 2.03. The van der Waals surface area contributed by atoms with Crippen LogP contribution in [0.4, 0.5) is 0 Å². The summed E-state index contributed by atoms with van der Waals surface area (Å²) in [6.07, 6.45) is 3.45. The van der Waals surface area contributed by atoms with Gasteiger partial charge in [-0.1, -0.05) is 53.9 Å². The van der Waals surface area contributed by atoms with Gasteiger partial charge in [0, 0.05) is 16.8 Å². The van der Waals surface area contributed by atoms with E-state index in [1.165, 1.54) is 18.4 Å². The van der Waals surface area contributed by atoms with Gasteiger partial charge in [0.25, 0.3) is 0 Å². The zero-order valence-electron chi connectivity index (χ0n) is 10.7. The molecule has 4 heteroatoms. The molecular weight excluding hydrogens is 310 g/mol. The molecule has 0 atom stereocenters. The molecule has 0 aliphatic rings. The number of halogens is 1. The van der Waals surface area contributed by atoms with Gasteiger partial charge in [-0.25, -0.2) is 0 Å². The third kappa shape index (κ3) is 6.45. The summed E-state index contributed by atoms with van der Waals surface area (Å²) in [7, 11) is 0. The summed E-state index contributed by atoms with van der Waals surface area (Å²) in [5.74, 6) is 1.54. The monoisotopic (exact) mass is 329 g/mol. The number of unbranched alkanes of at least 4 members (excludes halogenated alkanes) is 2. The highest BCUT2D eigenvalue weighted by molar-refractivity contribution is 9.10. The van der Waals surface area contributed by atoms with Crippen molar-refractivity contribution in [1.29, 1.82) is 0 Å². The molecule has 1 N–H and O–H groups in total. The lowest BCUT2D eigenvalue weighted by Crippen LogP contribution is -2.26. The summed E-state index contributed by atoms with van der Waals surface area (Å²) < 4.78 is 1.11. The van der Waals surface area contributed by atoms with Crippen LogP contribution in [-0.4, -0.2) is 18.2 Å². The molecule has 0 spiro atoms. The summed E-state index contributed by atoms with van der Waals surface area (Å²) in [6, 6.07) is 8.13. The van der Waals surface area contributed by atoms with Crippen molar-refractivity contribution in [3.63, 3.8) is 0 Å². The van der Waals surface area contributed by atoms with Crippen LogP contribution in [0.25, 0.3) is 0 Å². The van der Waals surface area contributed by atoms with E-state index < -0.39 is 0 Å². The summed E-state index contributed by atoms with van der Waals surface area (Å²) in [5.41, 5.74) is 1.24. The second-order valence-corrected chi connectivity index (χ2v) is 5.98. The van der Waals surface area contributed by atoms with Crippen LogP contribution in [0.1, 0.15) is 31.7 Å². The first kappa shape index (κ1) is 15.6. The van der Waals surface area contributed by atoms with Crippen molar-refractivity contribution in [2.24, 2.45) is 0 Å². The Kier molecular flexibility index (Phi) is 8.18. The molecule has 0 aliphatic carbocycles. The molecule has 18 heavy (non-hydrogen) atoms. The Morgan fingerprint density at radius 2 is 2.11 bits per heavy atom. The molecule has 0 aliphatic heterocycles. The zero-order chi connectivity index (χ0) is 13.2. The van der Waals surface area contributed by atoms with Gasteiger partial charge in [0.2, 0.25) is 5.91 Å². The molecule has 0 fully saturated rings. The number of nitrogens with one attached hydrogen (secondary N) is 1. The Morgan fingerprint density at radius 1 is 1.33 bits per heavy atom. The lowest BCUT2D eigenvalue weighted by atomic mass is 10.2. The molecule has 1 amide bonds. The largest absolute Gasteiger partial charge is 0.355 e. The van der Waals surface area contributed by atoms with Crippen LogP contribution in [0.2, 0.25) is 0 Å². The third-order valence-corrected chi connectivity index (χ3v) is 4.31. The van der Waals surface area contributed by atoms with Gasteiger partial charge in [-0.3, -0.25) is 4.79 Å². The molecule has 0 saturated carbocycles. The van der Waals surface area contributed by atoms with Crippen LogP contribution in [0.3, 0.4) is 0 Å². The van der Waals surface area contributed by atoms with E-state index in [-0.39, 0.29) is 5.91 Å². The van der Waals surface area contributed by atoms with E-state index in [9.17, 15) is 4.79 Å². The van der Waals surface area contributed by atoms with Gasteiger partial charge in [-0.2, -0.15) is 0 Å². The minimum absolute atomic E-state index is 0.142. The molecule has 0 unspecified atom stereocenters. The van der Waals surface area contributed by atoms with E-state index in [1.54, 1.807) is 11.8 Å². The Morgan fingerprint density at radius 3 is 2.83 bits per heavy atom. The topological polar surface area (TPSA) is 29.1 Å². The smallest absolute Gasteiger partial charge is 0.230 e. The van der Waals surface area contributed by atoms with E-state index >= 15 is 0 Å². The van der Waals surface area contributed by atoms with Crippen LogP contribution < -0.4 is 5.32 Å². The first-order valence-electron chi connectivity index (χ1n) is 6.32. The van der Waals surface area contributed by atoms with Crippen molar-refractivity contribution in [1.82, 2.24) is 5.32 Å². The Labute approximate surface area is 122 Å². The van der Waals surface area contributed by atoms with Crippen LogP contribution in [0, 0.1) is 0 Å². The maximum Gasteiger partial charge on any atom is 0.230 e. The van der Waals surface area contributed by atoms with Crippen molar-refractivity contribution < 1.29 is 4.79 Å². The average Bonchev–Trinajstić information content (AvgIpc) is 2.37. The fourth-order valence-electron chi connectivity index (χ4n) is 1.52. The lowest BCUT2D eigenvalue weighted by Gasteiger charge is -2.06. The SMILES string of the molecule is CCCCCNC(=O)CSCc1ccccc1Br. The van der Waals surface area contributed by atoms with Gasteiger partial charge < -0.3 is 5.32 Å². The molecular formula is C14H20BrNOS. The molecule has 0 bridgehead atoms. The standard InChI is InChI=1S/C14H20BrNOS/c1-2-3-6-9-16-14(17)11-18-10-12-7-4-5-8-13(12)15/h4-5,7-8H,2-3,6,9-11H2,1H3,(H,16,17). The predicted octanol–water partition coefficient (Wildman–Crippen LogP) is 3.99. The number of amides is 1. The molecule has 1 rings (SSSR count). The Hall–Kier alpha value is -0.480. The molecule has 1 aromatic carbocycles. The number of carbonyl (C=O) groups excluding carboxylic acids is 1. The summed E-state index contributed by atoms with van der Waals surface area (Å²) >= 11 is 5.16. The van der Waals surface area contributed by atoms with E-state index in [4.69, 9.17) is 0 Å². The van der Waals surface area contributed by atoms with Gasteiger partial charge in [-0.05, 0) is 18.1 Å². The molecule has 0 heterocycles. The first-order chi connectivity index (χ1) is 8.74. The second kappa shape index (κ2) is 9.45. The van der Waals surface area contributed by atoms with E-state index in [1.807, 2.05) is 18.2 Å². The van der Waals surface area contributed by atoms with Gasteiger partial charge in [0.05, 0.1) is 5.75 Å². The quantitative estimate of drug-likeness (QED) is 0.730. The van der Waals surface area contributed by atoms with Crippen molar-refractivity contribution in [2.75, 3.05) is 12.3 Å². The van der Waals surface area contributed by atoms with E-state index in [2.05, 4.69) is 34.2 Å². The molecule has 1 aromatic rings. The summed E-state index contributed by atoms with van der Waals surface area (Å²) in [4.78, 5) is 11.5. The predicted molar refractivity (Wildman–Crippen MR) is 82.8 cm³/mol. The summed E-state index contributed by atoms with van der Waals surface area (Å²) in [5, 5.41) is 2.95. The van der Waals surface area contributed by atoms with Gasteiger partial charge in [-0.15, -0.1) is 11.8 Å². The highest BCUT2D eigenvalue weighted by atomic mass is 79.9. The van der Waals surface area contributed by atoms with Crippen LogP contribution in [0.15, 0.2) is 28.7 Å². The van der Waals surface area contributed by atoms with Crippen LogP contribution in [-0.2, 0) is 10.5 Å². The van der Waals surface area contributed by atoms with E-state index in [0.717, 1.165) is 23.2 Å². The average molecular weight is 330 g/mol. The second-order valence-electron chi connectivity index (χ2n) is 4.14. The number of hydrogen-bond acceptors (Lipinski definition) is 2. The fourth-order valence-corrected chi connectivity index (χ4v) is 2.99. The minimum Gasteiger partial charge on any atom is -0.355 e. The molecule has 0 aromatic heterocycles. The maximum atomic E-state index is 11.5. The molecule has 0 saturated heterocycles. The van der Waals surface area contributed by atoms with Crippen molar-refractivity contribution >= 4 is 33.6 Å². The highest BCUT2D eigenvalue weighted by Crippen LogP contribution is 2.20. The summed E-state index contributed by atoms with van der Waals surface area (Å²) in [6.45, 7) is 2.97. The van der Waals surface area contributed by atoms with E-state index in [0.29, 0.717) is 5.75 Å². The normalized spacial score (nSPS) is 10.3. The molecule has 2 nitrogen and oxygen atoms in total. The van der Waals surface area contributed by atoms with Gasteiger partial charge in [0.1, 0.15) is 0 Å². The lowest BCUT2D eigenvalue weighted by molar-refractivity contribution is -0.118. The van der Waals surface area contributed by atoms with Gasteiger partial charge in [0.15, 0.2) is 0 Å². The Bertz CT molecular complexity index is 371. The first-order valence-corrected chi connectivity index (χ1v) is 8.26. The van der Waals surface area contributed by atoms with Crippen molar-refractivity contribution in [2.45, 2.75) is 31.9 Å². The molecule has 0 radical (unpaired) electrons. The number of carbonyl (C=O) groups is 1. The zero-order valence-corrected chi connectivity index (χ0v) is 13.1. The van der Waals surface area contributed by atoms with Crippen molar-refractivity contribution in [3.8, 4) is 0 Å². The molecule has 100 valence electrons. The van der Waals surface area contributed by atoms with Crippen molar-refractivity contribution in [3.05, 3.63) is 34.3 Å². The van der Waals surface area contributed by atoms with Gasteiger partial charge >= 0.3 is 0 Å². The van der Waals surface area contributed by atoms with Crippen LogP contribution in [0.5, 0.6) is 0 Å². The number of thioether (sulfide) groups is 1. The third-order valence-electron chi connectivity index (χ3n) is 2.55. The van der Waals surface area contributed by atoms with Crippen LogP contribution >= 0.6 is 27.7 Å².